The highest BCUT2D eigenvalue weighted by molar-refractivity contribution is 9.10. The third kappa shape index (κ3) is 3.96. The molecule has 1 aromatic carbocycles. The van der Waals surface area contributed by atoms with Crippen molar-refractivity contribution in [2.24, 2.45) is 0 Å². The lowest BCUT2D eigenvalue weighted by molar-refractivity contribution is -0.126. The molecule has 1 amide bonds. The molecule has 24 heavy (non-hydrogen) atoms. The third-order valence-corrected chi connectivity index (χ3v) is 5.20. The monoisotopic (exact) mass is 407 g/mol. The summed E-state index contributed by atoms with van der Waals surface area (Å²) in [5.41, 5.74) is 0.877. The molecule has 3 rings (SSSR count). The van der Waals surface area contributed by atoms with Gasteiger partial charge in [0.05, 0.1) is 7.11 Å². The minimum atomic E-state index is 0.0239. The smallest absolute Gasteiger partial charge is 0.246 e. The summed E-state index contributed by atoms with van der Waals surface area (Å²) in [5, 5.41) is 3.00. The summed E-state index contributed by atoms with van der Waals surface area (Å²) >= 11 is 5.07. The quantitative estimate of drug-likeness (QED) is 0.729. The molecule has 2 aromatic rings. The molecule has 0 radical (unpaired) electrons. The van der Waals surface area contributed by atoms with Gasteiger partial charge < -0.3 is 14.5 Å². The van der Waals surface area contributed by atoms with E-state index in [1.165, 1.54) is 0 Å². The van der Waals surface area contributed by atoms with Crippen LogP contribution in [0.5, 0.6) is 5.75 Å². The SMILES string of the molecule is COc1ccc(Br)cc1/C=C/C(=O)N1CCN(c2nccs2)CC1. The highest BCUT2D eigenvalue weighted by Crippen LogP contribution is 2.24. The van der Waals surface area contributed by atoms with Crippen LogP contribution in [0.25, 0.3) is 6.08 Å². The number of methoxy groups -OCH3 is 1. The standard InChI is InChI=1S/C17H18BrN3O2S/c1-23-15-4-3-14(18)12-13(15)2-5-16(22)20-7-9-21(10-8-20)17-19-6-11-24-17/h2-6,11-12H,7-10H2,1H3/b5-2+. The Bertz CT molecular complexity index is 725. The Morgan fingerprint density at radius 1 is 1.33 bits per heavy atom. The molecule has 7 heteroatoms. The van der Waals surface area contributed by atoms with Crippen LogP contribution in [-0.4, -0.2) is 49.1 Å². The zero-order chi connectivity index (χ0) is 16.9. The lowest BCUT2D eigenvalue weighted by Gasteiger charge is -2.34. The number of hydrogen-bond donors (Lipinski definition) is 0. The second kappa shape index (κ2) is 7.81. The summed E-state index contributed by atoms with van der Waals surface area (Å²) in [6, 6.07) is 5.72. The van der Waals surface area contributed by atoms with Crippen molar-refractivity contribution in [2.75, 3.05) is 38.2 Å². The second-order valence-electron chi connectivity index (χ2n) is 5.35. The zero-order valence-corrected chi connectivity index (χ0v) is 15.7. The zero-order valence-electron chi connectivity index (χ0n) is 13.3. The van der Waals surface area contributed by atoms with Crippen LogP contribution < -0.4 is 9.64 Å². The van der Waals surface area contributed by atoms with Gasteiger partial charge in [0, 0.05) is 53.9 Å². The summed E-state index contributed by atoms with van der Waals surface area (Å²) in [5.74, 6) is 0.770. The first-order valence-corrected chi connectivity index (χ1v) is 9.29. The first kappa shape index (κ1) is 17.0. The number of amides is 1. The summed E-state index contributed by atoms with van der Waals surface area (Å²) < 4.78 is 6.28. The van der Waals surface area contributed by atoms with Crippen LogP contribution in [0.4, 0.5) is 5.13 Å². The molecule has 1 aromatic heterocycles. The second-order valence-corrected chi connectivity index (χ2v) is 7.14. The Morgan fingerprint density at radius 3 is 2.79 bits per heavy atom. The van der Waals surface area contributed by atoms with Crippen LogP contribution in [-0.2, 0) is 4.79 Å². The molecule has 0 bridgehead atoms. The van der Waals surface area contributed by atoms with E-state index in [2.05, 4.69) is 25.8 Å². The van der Waals surface area contributed by atoms with Crippen LogP contribution in [0.15, 0.2) is 40.3 Å². The Labute approximate surface area is 153 Å². The molecule has 2 heterocycles. The van der Waals surface area contributed by atoms with Crippen LogP contribution in [0.1, 0.15) is 5.56 Å². The fraction of sp³-hybridized carbons (Fsp3) is 0.294. The molecule has 1 aliphatic heterocycles. The van der Waals surface area contributed by atoms with E-state index in [4.69, 9.17) is 4.74 Å². The topological polar surface area (TPSA) is 45.7 Å². The van der Waals surface area contributed by atoms with Gasteiger partial charge in [0.1, 0.15) is 5.75 Å². The maximum Gasteiger partial charge on any atom is 0.246 e. The molecule has 126 valence electrons. The van der Waals surface area contributed by atoms with Gasteiger partial charge in [-0.2, -0.15) is 0 Å². The average Bonchev–Trinajstić information content (AvgIpc) is 3.14. The van der Waals surface area contributed by atoms with Gasteiger partial charge in [0.25, 0.3) is 0 Å². The van der Waals surface area contributed by atoms with E-state index >= 15 is 0 Å². The van der Waals surface area contributed by atoms with Crippen molar-refractivity contribution in [3.05, 3.63) is 45.9 Å². The minimum Gasteiger partial charge on any atom is -0.496 e. The molecular formula is C17H18BrN3O2S. The van der Waals surface area contributed by atoms with Crippen molar-refractivity contribution in [2.45, 2.75) is 0 Å². The van der Waals surface area contributed by atoms with Crippen LogP contribution in [0.2, 0.25) is 0 Å². The molecule has 1 fully saturated rings. The number of ether oxygens (including phenoxy) is 1. The van der Waals surface area contributed by atoms with Crippen molar-refractivity contribution < 1.29 is 9.53 Å². The molecule has 0 unspecified atom stereocenters. The molecular weight excluding hydrogens is 390 g/mol. The molecule has 1 aliphatic rings. The number of halogens is 1. The normalized spacial score (nSPS) is 15.1. The van der Waals surface area contributed by atoms with E-state index in [1.807, 2.05) is 34.7 Å². The number of rotatable bonds is 4. The summed E-state index contributed by atoms with van der Waals surface area (Å²) in [6.45, 7) is 3.04. The lowest BCUT2D eigenvalue weighted by atomic mass is 10.2. The lowest BCUT2D eigenvalue weighted by Crippen LogP contribution is -2.48. The fourth-order valence-electron chi connectivity index (χ4n) is 2.59. The van der Waals surface area contributed by atoms with Crippen molar-refractivity contribution in [3.8, 4) is 5.75 Å². The highest BCUT2D eigenvalue weighted by atomic mass is 79.9. The number of carbonyl (C=O) groups excluding carboxylic acids is 1. The van der Waals surface area contributed by atoms with Crippen molar-refractivity contribution in [1.82, 2.24) is 9.88 Å². The third-order valence-electron chi connectivity index (χ3n) is 3.88. The van der Waals surface area contributed by atoms with Gasteiger partial charge >= 0.3 is 0 Å². The first-order valence-electron chi connectivity index (χ1n) is 7.62. The molecule has 0 atom stereocenters. The van der Waals surface area contributed by atoms with Gasteiger partial charge in [-0.3, -0.25) is 4.79 Å². The van der Waals surface area contributed by atoms with Gasteiger partial charge in [-0.25, -0.2) is 4.98 Å². The van der Waals surface area contributed by atoms with E-state index < -0.39 is 0 Å². The summed E-state index contributed by atoms with van der Waals surface area (Å²) in [6.07, 6.45) is 5.23. The van der Waals surface area contributed by atoms with Crippen molar-refractivity contribution in [3.63, 3.8) is 0 Å². The van der Waals surface area contributed by atoms with E-state index in [9.17, 15) is 4.79 Å². The predicted molar refractivity (Wildman–Crippen MR) is 101 cm³/mol. The molecule has 0 N–H and O–H groups in total. The highest BCUT2D eigenvalue weighted by Gasteiger charge is 2.20. The van der Waals surface area contributed by atoms with Crippen LogP contribution >= 0.6 is 27.3 Å². The summed E-state index contributed by atoms with van der Waals surface area (Å²) in [7, 11) is 1.63. The summed E-state index contributed by atoms with van der Waals surface area (Å²) in [4.78, 5) is 20.8. The largest absolute Gasteiger partial charge is 0.496 e. The maximum absolute atomic E-state index is 12.4. The minimum absolute atomic E-state index is 0.0239. The predicted octanol–water partition coefficient (Wildman–Crippen LogP) is 3.28. The number of benzene rings is 1. The number of anilines is 1. The molecule has 0 saturated carbocycles. The van der Waals surface area contributed by atoms with Gasteiger partial charge in [0.2, 0.25) is 5.91 Å². The fourth-order valence-corrected chi connectivity index (χ4v) is 3.67. The number of aromatic nitrogens is 1. The van der Waals surface area contributed by atoms with Crippen molar-refractivity contribution >= 4 is 44.4 Å². The Kier molecular flexibility index (Phi) is 5.52. The Morgan fingerprint density at radius 2 is 2.12 bits per heavy atom. The molecule has 0 aliphatic carbocycles. The number of thiazole rings is 1. The van der Waals surface area contributed by atoms with E-state index in [0.717, 1.165) is 34.0 Å². The van der Waals surface area contributed by atoms with Gasteiger partial charge in [-0.05, 0) is 24.3 Å². The van der Waals surface area contributed by atoms with Gasteiger partial charge in [0.15, 0.2) is 5.13 Å². The van der Waals surface area contributed by atoms with Crippen molar-refractivity contribution in [1.29, 1.82) is 0 Å². The molecule has 0 spiro atoms. The number of piperazine rings is 1. The maximum atomic E-state index is 12.4. The van der Waals surface area contributed by atoms with E-state index in [0.29, 0.717) is 13.1 Å². The Balaban J connectivity index is 1.61. The van der Waals surface area contributed by atoms with Crippen LogP contribution in [0, 0.1) is 0 Å². The Hall–Kier alpha value is -1.86. The number of nitrogens with zero attached hydrogens (tertiary/aromatic N) is 3. The van der Waals surface area contributed by atoms with E-state index in [-0.39, 0.29) is 5.91 Å². The van der Waals surface area contributed by atoms with Crippen LogP contribution in [0.3, 0.4) is 0 Å². The number of carbonyl (C=O) groups is 1. The molecule has 1 saturated heterocycles. The van der Waals surface area contributed by atoms with E-state index in [1.54, 1.807) is 30.6 Å². The van der Waals surface area contributed by atoms with Gasteiger partial charge in [-0.15, -0.1) is 11.3 Å². The number of hydrogen-bond acceptors (Lipinski definition) is 5. The average molecular weight is 408 g/mol. The first-order chi connectivity index (χ1) is 11.7. The molecule has 5 nitrogen and oxygen atoms in total. The van der Waals surface area contributed by atoms with Gasteiger partial charge in [-0.1, -0.05) is 15.9 Å².